The SMILES string of the molecule is CC(C)(C)C(NN)c1cnc2ccsc2c1. The van der Waals surface area contributed by atoms with E-state index in [-0.39, 0.29) is 11.5 Å². The molecular weight excluding hydrogens is 218 g/mol. The standard InChI is InChI=1S/C12H17N3S/c1-12(2,3)11(15-13)8-6-10-9(14-7-8)4-5-16-10/h4-7,11,15H,13H2,1-3H3. The molecule has 0 amide bonds. The second-order valence-corrected chi connectivity index (χ2v) is 5.99. The Morgan fingerprint density at radius 1 is 1.44 bits per heavy atom. The van der Waals surface area contributed by atoms with Crippen LogP contribution in [0.2, 0.25) is 0 Å². The van der Waals surface area contributed by atoms with Crippen LogP contribution in [0, 0.1) is 5.41 Å². The highest BCUT2D eigenvalue weighted by Gasteiger charge is 2.25. The van der Waals surface area contributed by atoms with Gasteiger partial charge in [-0.25, -0.2) is 0 Å². The summed E-state index contributed by atoms with van der Waals surface area (Å²) in [5, 5.41) is 2.06. The van der Waals surface area contributed by atoms with Crippen molar-refractivity contribution in [2.24, 2.45) is 11.3 Å². The van der Waals surface area contributed by atoms with Gasteiger partial charge in [-0.1, -0.05) is 20.8 Å². The van der Waals surface area contributed by atoms with E-state index >= 15 is 0 Å². The number of rotatable bonds is 2. The van der Waals surface area contributed by atoms with E-state index in [9.17, 15) is 0 Å². The number of hydrazine groups is 1. The number of hydrogen-bond acceptors (Lipinski definition) is 4. The average Bonchev–Trinajstić information content (AvgIpc) is 2.63. The fourth-order valence-corrected chi connectivity index (χ4v) is 2.65. The van der Waals surface area contributed by atoms with Crippen LogP contribution in [0.1, 0.15) is 32.4 Å². The lowest BCUT2D eigenvalue weighted by molar-refractivity contribution is 0.275. The Bertz CT molecular complexity index is 484. The predicted octanol–water partition coefficient (Wildman–Crippen LogP) is 2.85. The van der Waals surface area contributed by atoms with Gasteiger partial charge < -0.3 is 0 Å². The molecule has 0 aliphatic rings. The molecule has 0 saturated heterocycles. The highest BCUT2D eigenvalue weighted by molar-refractivity contribution is 7.17. The number of aromatic nitrogens is 1. The third kappa shape index (κ3) is 2.09. The Kier molecular flexibility index (Phi) is 2.97. The number of nitrogens with one attached hydrogen (secondary N) is 1. The van der Waals surface area contributed by atoms with Crippen molar-refractivity contribution < 1.29 is 0 Å². The molecule has 3 nitrogen and oxygen atoms in total. The predicted molar refractivity (Wildman–Crippen MR) is 69.1 cm³/mol. The van der Waals surface area contributed by atoms with Crippen molar-refractivity contribution in [3.05, 3.63) is 29.3 Å². The summed E-state index contributed by atoms with van der Waals surface area (Å²) in [5.74, 6) is 5.64. The van der Waals surface area contributed by atoms with E-state index in [4.69, 9.17) is 5.84 Å². The maximum Gasteiger partial charge on any atom is 0.0809 e. The molecular formula is C12H17N3S. The molecule has 0 radical (unpaired) electrons. The van der Waals surface area contributed by atoms with Gasteiger partial charge in [0.25, 0.3) is 0 Å². The first-order valence-electron chi connectivity index (χ1n) is 5.31. The first-order valence-corrected chi connectivity index (χ1v) is 6.19. The largest absolute Gasteiger partial charge is 0.271 e. The van der Waals surface area contributed by atoms with Crippen molar-refractivity contribution in [3.8, 4) is 0 Å². The summed E-state index contributed by atoms with van der Waals surface area (Å²) in [6, 6.07) is 4.32. The number of fused-ring (bicyclic) bond motifs is 1. The molecule has 0 aliphatic carbocycles. The molecule has 1 atom stereocenters. The van der Waals surface area contributed by atoms with Crippen molar-refractivity contribution in [1.82, 2.24) is 10.4 Å². The van der Waals surface area contributed by atoms with Gasteiger partial charge in [0.1, 0.15) is 0 Å². The van der Waals surface area contributed by atoms with Gasteiger partial charge in [-0.05, 0) is 28.5 Å². The van der Waals surface area contributed by atoms with Crippen molar-refractivity contribution in [2.75, 3.05) is 0 Å². The van der Waals surface area contributed by atoms with Crippen LogP contribution in [0.3, 0.4) is 0 Å². The van der Waals surface area contributed by atoms with Crippen molar-refractivity contribution in [1.29, 1.82) is 0 Å². The second-order valence-electron chi connectivity index (χ2n) is 5.04. The molecule has 86 valence electrons. The van der Waals surface area contributed by atoms with Crippen LogP contribution in [0.15, 0.2) is 23.7 Å². The van der Waals surface area contributed by atoms with Gasteiger partial charge in [0.05, 0.1) is 16.3 Å². The molecule has 16 heavy (non-hydrogen) atoms. The second kappa shape index (κ2) is 4.13. The van der Waals surface area contributed by atoms with Crippen LogP contribution in [0.5, 0.6) is 0 Å². The topological polar surface area (TPSA) is 50.9 Å². The smallest absolute Gasteiger partial charge is 0.0809 e. The minimum atomic E-state index is 0.0708. The Morgan fingerprint density at radius 2 is 2.19 bits per heavy atom. The monoisotopic (exact) mass is 235 g/mol. The number of nitrogens with zero attached hydrogens (tertiary/aromatic N) is 1. The van der Waals surface area contributed by atoms with Gasteiger partial charge >= 0.3 is 0 Å². The fraction of sp³-hybridized carbons (Fsp3) is 0.417. The molecule has 0 aromatic carbocycles. The molecule has 4 heteroatoms. The summed E-state index contributed by atoms with van der Waals surface area (Å²) in [6.45, 7) is 6.49. The maximum absolute atomic E-state index is 5.64. The van der Waals surface area contributed by atoms with E-state index in [2.05, 4.69) is 42.6 Å². The zero-order valence-electron chi connectivity index (χ0n) is 9.82. The lowest BCUT2D eigenvalue weighted by Gasteiger charge is -2.30. The molecule has 2 rings (SSSR count). The molecule has 3 N–H and O–H groups in total. The van der Waals surface area contributed by atoms with Crippen LogP contribution in [0.4, 0.5) is 0 Å². The normalized spacial score (nSPS) is 14.2. The van der Waals surface area contributed by atoms with Gasteiger partial charge in [0.15, 0.2) is 0 Å². The molecule has 2 aromatic heterocycles. The summed E-state index contributed by atoms with van der Waals surface area (Å²) in [5.41, 5.74) is 5.15. The first-order chi connectivity index (χ1) is 7.52. The summed E-state index contributed by atoms with van der Waals surface area (Å²) < 4.78 is 1.21. The van der Waals surface area contributed by atoms with Crippen molar-refractivity contribution >= 4 is 21.6 Å². The Balaban J connectivity index is 2.45. The van der Waals surface area contributed by atoms with Crippen molar-refractivity contribution in [3.63, 3.8) is 0 Å². The van der Waals surface area contributed by atoms with Gasteiger partial charge in [0, 0.05) is 6.20 Å². The van der Waals surface area contributed by atoms with E-state index in [0.717, 1.165) is 11.1 Å². The zero-order chi connectivity index (χ0) is 11.8. The van der Waals surface area contributed by atoms with Crippen LogP contribution < -0.4 is 11.3 Å². The third-order valence-corrected chi connectivity index (χ3v) is 3.54. The van der Waals surface area contributed by atoms with Crippen LogP contribution in [-0.4, -0.2) is 4.98 Å². The zero-order valence-corrected chi connectivity index (χ0v) is 10.6. The van der Waals surface area contributed by atoms with Crippen LogP contribution >= 0.6 is 11.3 Å². The van der Waals surface area contributed by atoms with E-state index in [1.54, 1.807) is 11.3 Å². The molecule has 2 aromatic rings. The first kappa shape index (κ1) is 11.5. The number of nitrogens with two attached hydrogens (primary N) is 1. The molecule has 2 heterocycles. The summed E-state index contributed by atoms with van der Waals surface area (Å²) in [6.07, 6.45) is 1.91. The molecule has 0 fully saturated rings. The van der Waals surface area contributed by atoms with Crippen LogP contribution in [-0.2, 0) is 0 Å². The Labute approximate surface area is 99.7 Å². The maximum atomic E-state index is 5.64. The molecule has 0 saturated carbocycles. The molecule has 0 aliphatic heterocycles. The highest BCUT2D eigenvalue weighted by Crippen LogP contribution is 2.33. The lowest BCUT2D eigenvalue weighted by Crippen LogP contribution is -2.36. The van der Waals surface area contributed by atoms with Gasteiger partial charge in [-0.3, -0.25) is 16.3 Å². The summed E-state index contributed by atoms with van der Waals surface area (Å²) in [7, 11) is 0. The minimum Gasteiger partial charge on any atom is -0.271 e. The van der Waals surface area contributed by atoms with E-state index < -0.39 is 0 Å². The fourth-order valence-electron chi connectivity index (χ4n) is 1.87. The number of thiophene rings is 1. The quantitative estimate of drug-likeness (QED) is 0.621. The minimum absolute atomic E-state index is 0.0708. The van der Waals surface area contributed by atoms with E-state index in [1.807, 2.05) is 12.3 Å². The lowest BCUT2D eigenvalue weighted by atomic mass is 9.83. The van der Waals surface area contributed by atoms with E-state index in [1.165, 1.54) is 4.70 Å². The summed E-state index contributed by atoms with van der Waals surface area (Å²) in [4.78, 5) is 4.44. The third-order valence-electron chi connectivity index (χ3n) is 2.69. The molecule has 0 spiro atoms. The average molecular weight is 235 g/mol. The Morgan fingerprint density at radius 3 is 2.81 bits per heavy atom. The molecule has 1 unspecified atom stereocenters. The van der Waals surface area contributed by atoms with Crippen molar-refractivity contribution in [2.45, 2.75) is 26.8 Å². The van der Waals surface area contributed by atoms with Gasteiger partial charge in [0.2, 0.25) is 0 Å². The number of hydrogen-bond donors (Lipinski definition) is 2. The highest BCUT2D eigenvalue weighted by atomic mass is 32.1. The molecule has 0 bridgehead atoms. The van der Waals surface area contributed by atoms with Crippen LogP contribution in [0.25, 0.3) is 10.2 Å². The summed E-state index contributed by atoms with van der Waals surface area (Å²) >= 11 is 1.71. The van der Waals surface area contributed by atoms with Gasteiger partial charge in [-0.15, -0.1) is 11.3 Å². The Hall–Kier alpha value is -0.970. The van der Waals surface area contributed by atoms with E-state index in [0.29, 0.717) is 0 Å². The number of pyridine rings is 1. The van der Waals surface area contributed by atoms with Gasteiger partial charge in [-0.2, -0.15) is 0 Å².